The SMILES string of the molecule is C[C@@H]1CCN([C@@H](C)CCc2ccc(I)cc2)C1. The summed E-state index contributed by atoms with van der Waals surface area (Å²) in [5, 5.41) is 0. The minimum atomic E-state index is 0.735. The quantitative estimate of drug-likeness (QED) is 0.748. The lowest BCUT2D eigenvalue weighted by molar-refractivity contribution is 0.240. The van der Waals surface area contributed by atoms with E-state index < -0.39 is 0 Å². The average Bonchev–Trinajstić information content (AvgIpc) is 2.75. The Hall–Kier alpha value is -0.0900. The Morgan fingerprint density at radius 2 is 2.06 bits per heavy atom. The minimum Gasteiger partial charge on any atom is -0.300 e. The van der Waals surface area contributed by atoms with Gasteiger partial charge in [0.15, 0.2) is 0 Å². The Labute approximate surface area is 119 Å². The van der Waals surface area contributed by atoms with Crippen molar-refractivity contribution in [3.8, 4) is 0 Å². The lowest BCUT2D eigenvalue weighted by atomic mass is 10.1. The third-order valence-electron chi connectivity index (χ3n) is 3.84. The maximum absolute atomic E-state index is 2.65. The van der Waals surface area contributed by atoms with E-state index in [1.807, 2.05) is 0 Å². The third kappa shape index (κ3) is 3.95. The molecule has 1 aromatic rings. The first-order valence-corrected chi connectivity index (χ1v) is 7.71. The molecule has 0 aromatic heterocycles. The minimum absolute atomic E-state index is 0.735. The summed E-state index contributed by atoms with van der Waals surface area (Å²) in [6, 6.07) is 9.68. The molecule has 0 bridgehead atoms. The molecule has 1 aliphatic rings. The zero-order valence-corrected chi connectivity index (χ0v) is 13.0. The molecule has 1 nitrogen and oxygen atoms in total. The standard InChI is InChI=1S/C15H22IN/c1-12-9-10-17(11-12)13(2)3-4-14-5-7-15(16)8-6-14/h5-8,12-13H,3-4,9-11H2,1-2H3/t12-,13+/m1/s1. The van der Waals surface area contributed by atoms with Crippen molar-refractivity contribution in [2.24, 2.45) is 5.92 Å². The van der Waals surface area contributed by atoms with Crippen LogP contribution in [0.2, 0.25) is 0 Å². The Morgan fingerprint density at radius 3 is 2.65 bits per heavy atom. The fraction of sp³-hybridized carbons (Fsp3) is 0.600. The van der Waals surface area contributed by atoms with Crippen molar-refractivity contribution in [3.63, 3.8) is 0 Å². The molecule has 0 N–H and O–H groups in total. The van der Waals surface area contributed by atoms with Gasteiger partial charge in [0.05, 0.1) is 0 Å². The van der Waals surface area contributed by atoms with Gasteiger partial charge in [0.2, 0.25) is 0 Å². The molecule has 1 saturated heterocycles. The number of halogens is 1. The monoisotopic (exact) mass is 343 g/mol. The van der Waals surface area contributed by atoms with Crippen LogP contribution >= 0.6 is 22.6 Å². The summed E-state index contributed by atoms with van der Waals surface area (Å²) >= 11 is 2.36. The summed E-state index contributed by atoms with van der Waals surface area (Å²) in [5.74, 6) is 0.899. The fourth-order valence-corrected chi connectivity index (χ4v) is 2.94. The molecule has 2 heteroatoms. The van der Waals surface area contributed by atoms with Crippen molar-refractivity contribution in [2.45, 2.75) is 39.2 Å². The Balaban J connectivity index is 1.79. The van der Waals surface area contributed by atoms with Gasteiger partial charge >= 0.3 is 0 Å². The van der Waals surface area contributed by atoms with Gasteiger partial charge in [0.1, 0.15) is 0 Å². The molecule has 0 aliphatic carbocycles. The van der Waals surface area contributed by atoms with E-state index in [0.29, 0.717) is 0 Å². The largest absolute Gasteiger partial charge is 0.300 e. The molecule has 0 saturated carbocycles. The van der Waals surface area contributed by atoms with Crippen LogP contribution in [0, 0.1) is 9.49 Å². The number of benzene rings is 1. The van der Waals surface area contributed by atoms with Crippen molar-refractivity contribution in [1.29, 1.82) is 0 Å². The van der Waals surface area contributed by atoms with Crippen LogP contribution in [0.25, 0.3) is 0 Å². The molecule has 2 atom stereocenters. The maximum atomic E-state index is 2.65. The van der Waals surface area contributed by atoms with Crippen LogP contribution in [0.3, 0.4) is 0 Å². The molecule has 17 heavy (non-hydrogen) atoms. The number of aryl methyl sites for hydroxylation is 1. The van der Waals surface area contributed by atoms with Crippen LogP contribution in [0.1, 0.15) is 32.3 Å². The van der Waals surface area contributed by atoms with Crippen molar-refractivity contribution in [3.05, 3.63) is 33.4 Å². The number of likely N-dealkylation sites (tertiary alicyclic amines) is 1. The molecule has 2 rings (SSSR count). The third-order valence-corrected chi connectivity index (χ3v) is 4.56. The Bertz CT molecular complexity index is 346. The lowest BCUT2D eigenvalue weighted by Crippen LogP contribution is -2.31. The second-order valence-electron chi connectivity index (χ2n) is 5.40. The first-order chi connectivity index (χ1) is 8.15. The zero-order valence-electron chi connectivity index (χ0n) is 10.8. The van der Waals surface area contributed by atoms with Gasteiger partial charge in [-0.25, -0.2) is 0 Å². The normalized spacial score (nSPS) is 22.9. The fourth-order valence-electron chi connectivity index (χ4n) is 2.58. The predicted molar refractivity (Wildman–Crippen MR) is 82.3 cm³/mol. The molecule has 1 aromatic carbocycles. The Kier molecular flexibility index (Phi) is 4.86. The van der Waals surface area contributed by atoms with Gasteiger partial charge in [-0.3, -0.25) is 0 Å². The van der Waals surface area contributed by atoms with E-state index in [9.17, 15) is 0 Å². The molecule has 1 aliphatic heterocycles. The molecule has 0 spiro atoms. The van der Waals surface area contributed by atoms with Crippen molar-refractivity contribution < 1.29 is 0 Å². The van der Waals surface area contributed by atoms with E-state index in [0.717, 1.165) is 12.0 Å². The lowest BCUT2D eigenvalue weighted by Gasteiger charge is -2.24. The second kappa shape index (κ2) is 6.19. The predicted octanol–water partition coefficient (Wildman–Crippen LogP) is 3.95. The number of nitrogens with zero attached hydrogens (tertiary/aromatic N) is 1. The summed E-state index contributed by atoms with van der Waals surface area (Å²) in [6.45, 7) is 7.35. The summed E-state index contributed by atoms with van der Waals surface area (Å²) in [6.07, 6.45) is 3.88. The molecular weight excluding hydrogens is 321 g/mol. The van der Waals surface area contributed by atoms with E-state index in [1.165, 1.54) is 41.5 Å². The van der Waals surface area contributed by atoms with Crippen LogP contribution in [-0.4, -0.2) is 24.0 Å². The number of hydrogen-bond donors (Lipinski definition) is 0. The van der Waals surface area contributed by atoms with E-state index in [-0.39, 0.29) is 0 Å². The maximum Gasteiger partial charge on any atom is 0.0130 e. The number of hydrogen-bond acceptors (Lipinski definition) is 1. The van der Waals surface area contributed by atoms with Crippen LogP contribution in [0.15, 0.2) is 24.3 Å². The van der Waals surface area contributed by atoms with Gasteiger partial charge in [-0.2, -0.15) is 0 Å². The van der Waals surface area contributed by atoms with E-state index in [2.05, 4.69) is 65.6 Å². The van der Waals surface area contributed by atoms with Gasteiger partial charge in [0, 0.05) is 16.2 Å². The molecule has 0 radical (unpaired) electrons. The van der Waals surface area contributed by atoms with E-state index >= 15 is 0 Å². The van der Waals surface area contributed by atoms with Crippen molar-refractivity contribution >= 4 is 22.6 Å². The highest BCUT2D eigenvalue weighted by Crippen LogP contribution is 2.20. The summed E-state index contributed by atoms with van der Waals surface area (Å²) in [5.41, 5.74) is 1.48. The van der Waals surface area contributed by atoms with Crippen molar-refractivity contribution in [2.75, 3.05) is 13.1 Å². The van der Waals surface area contributed by atoms with Crippen LogP contribution < -0.4 is 0 Å². The van der Waals surface area contributed by atoms with Gasteiger partial charge < -0.3 is 4.90 Å². The summed E-state index contributed by atoms with van der Waals surface area (Å²) in [7, 11) is 0. The molecule has 94 valence electrons. The first-order valence-electron chi connectivity index (χ1n) is 6.63. The highest BCUT2D eigenvalue weighted by Gasteiger charge is 2.22. The molecule has 0 amide bonds. The zero-order chi connectivity index (χ0) is 12.3. The highest BCUT2D eigenvalue weighted by molar-refractivity contribution is 14.1. The van der Waals surface area contributed by atoms with Gasteiger partial charge in [-0.15, -0.1) is 0 Å². The van der Waals surface area contributed by atoms with Gasteiger partial charge in [0.25, 0.3) is 0 Å². The van der Waals surface area contributed by atoms with Gasteiger partial charge in [-0.1, -0.05) is 19.1 Å². The summed E-state index contributed by atoms with van der Waals surface area (Å²) in [4.78, 5) is 2.65. The average molecular weight is 343 g/mol. The topological polar surface area (TPSA) is 3.24 Å². The summed E-state index contributed by atoms with van der Waals surface area (Å²) < 4.78 is 1.33. The smallest absolute Gasteiger partial charge is 0.0130 e. The van der Waals surface area contributed by atoms with Crippen LogP contribution in [0.4, 0.5) is 0 Å². The van der Waals surface area contributed by atoms with E-state index in [4.69, 9.17) is 0 Å². The van der Waals surface area contributed by atoms with Gasteiger partial charge in [-0.05, 0) is 78.9 Å². The molecule has 1 heterocycles. The van der Waals surface area contributed by atoms with Crippen LogP contribution in [-0.2, 0) is 6.42 Å². The number of rotatable bonds is 4. The molecule has 1 fully saturated rings. The molecule has 0 unspecified atom stereocenters. The van der Waals surface area contributed by atoms with Crippen LogP contribution in [0.5, 0.6) is 0 Å². The van der Waals surface area contributed by atoms with E-state index in [1.54, 1.807) is 0 Å². The Morgan fingerprint density at radius 1 is 1.35 bits per heavy atom. The second-order valence-corrected chi connectivity index (χ2v) is 6.65. The first kappa shape index (κ1) is 13.3. The molecular formula is C15H22IN. The van der Waals surface area contributed by atoms with Crippen molar-refractivity contribution in [1.82, 2.24) is 4.90 Å². The highest BCUT2D eigenvalue weighted by atomic mass is 127.